The van der Waals surface area contributed by atoms with Gasteiger partial charge in [-0.05, 0) is 42.7 Å². The second-order valence-corrected chi connectivity index (χ2v) is 6.59. The number of benzene rings is 1. The number of aromatic nitrogens is 3. The van der Waals surface area contributed by atoms with Crippen LogP contribution >= 0.6 is 0 Å². The SMILES string of the molecule is Cc1cc(C(=O)Nc2ccccc2C(C)C)nc(NCc2ccccn2)n1. The summed E-state index contributed by atoms with van der Waals surface area (Å²) in [5, 5.41) is 6.09. The Morgan fingerprint density at radius 3 is 2.59 bits per heavy atom. The zero-order valence-electron chi connectivity index (χ0n) is 15.7. The van der Waals surface area contributed by atoms with Crippen LogP contribution in [0, 0.1) is 6.92 Å². The molecule has 6 heteroatoms. The lowest BCUT2D eigenvalue weighted by Gasteiger charge is -2.14. The maximum absolute atomic E-state index is 12.7. The van der Waals surface area contributed by atoms with E-state index < -0.39 is 0 Å². The molecule has 0 unspecified atom stereocenters. The van der Waals surface area contributed by atoms with E-state index in [2.05, 4.69) is 39.4 Å². The van der Waals surface area contributed by atoms with Crippen LogP contribution in [-0.4, -0.2) is 20.9 Å². The fourth-order valence-electron chi connectivity index (χ4n) is 2.74. The third-order valence-corrected chi connectivity index (χ3v) is 4.07. The zero-order valence-corrected chi connectivity index (χ0v) is 15.7. The Morgan fingerprint density at radius 2 is 1.85 bits per heavy atom. The van der Waals surface area contributed by atoms with E-state index in [-0.39, 0.29) is 5.91 Å². The van der Waals surface area contributed by atoms with Gasteiger partial charge in [-0.1, -0.05) is 38.1 Å². The van der Waals surface area contributed by atoms with Gasteiger partial charge in [0, 0.05) is 17.6 Å². The molecule has 2 aromatic heterocycles. The van der Waals surface area contributed by atoms with Crippen molar-refractivity contribution in [2.45, 2.75) is 33.2 Å². The smallest absolute Gasteiger partial charge is 0.274 e. The van der Waals surface area contributed by atoms with E-state index in [0.717, 1.165) is 22.6 Å². The van der Waals surface area contributed by atoms with Crippen LogP contribution in [0.5, 0.6) is 0 Å². The molecule has 2 heterocycles. The van der Waals surface area contributed by atoms with E-state index >= 15 is 0 Å². The summed E-state index contributed by atoms with van der Waals surface area (Å²) in [4.78, 5) is 25.7. The zero-order chi connectivity index (χ0) is 19.2. The number of pyridine rings is 1. The Hall–Kier alpha value is -3.28. The highest BCUT2D eigenvalue weighted by atomic mass is 16.1. The number of carbonyl (C=O) groups is 1. The average Bonchev–Trinajstić information content (AvgIpc) is 2.67. The molecule has 0 saturated carbocycles. The summed E-state index contributed by atoms with van der Waals surface area (Å²) in [5.41, 5.74) is 3.81. The molecule has 0 bridgehead atoms. The van der Waals surface area contributed by atoms with E-state index in [9.17, 15) is 4.79 Å². The maximum Gasteiger partial charge on any atom is 0.274 e. The van der Waals surface area contributed by atoms with Gasteiger partial charge in [0.2, 0.25) is 5.95 Å². The summed E-state index contributed by atoms with van der Waals surface area (Å²) >= 11 is 0. The molecule has 0 saturated heterocycles. The van der Waals surface area contributed by atoms with E-state index in [1.807, 2.05) is 49.4 Å². The lowest BCUT2D eigenvalue weighted by atomic mass is 10.0. The van der Waals surface area contributed by atoms with Gasteiger partial charge >= 0.3 is 0 Å². The van der Waals surface area contributed by atoms with Gasteiger partial charge in [-0.2, -0.15) is 0 Å². The molecule has 3 aromatic rings. The molecule has 0 atom stereocenters. The number of para-hydroxylation sites is 1. The summed E-state index contributed by atoms with van der Waals surface area (Å²) in [6.45, 7) is 6.52. The summed E-state index contributed by atoms with van der Waals surface area (Å²) in [6, 6.07) is 15.2. The summed E-state index contributed by atoms with van der Waals surface area (Å²) in [5.74, 6) is 0.460. The molecule has 3 rings (SSSR count). The molecule has 0 aliphatic carbocycles. The summed E-state index contributed by atoms with van der Waals surface area (Å²) in [6.07, 6.45) is 1.74. The average molecular weight is 361 g/mol. The monoisotopic (exact) mass is 361 g/mol. The van der Waals surface area contributed by atoms with Crippen LogP contribution in [0.2, 0.25) is 0 Å². The third-order valence-electron chi connectivity index (χ3n) is 4.07. The van der Waals surface area contributed by atoms with Gasteiger partial charge in [0.1, 0.15) is 5.69 Å². The number of anilines is 2. The highest BCUT2D eigenvalue weighted by Crippen LogP contribution is 2.24. The van der Waals surface area contributed by atoms with Crippen molar-refractivity contribution in [3.05, 3.63) is 77.4 Å². The van der Waals surface area contributed by atoms with Crippen molar-refractivity contribution in [3.63, 3.8) is 0 Å². The Bertz CT molecular complexity index is 925. The number of nitrogens with one attached hydrogen (secondary N) is 2. The van der Waals surface area contributed by atoms with Gasteiger partial charge in [-0.25, -0.2) is 9.97 Å². The predicted octanol–water partition coefficient (Wildman–Crippen LogP) is 4.17. The van der Waals surface area contributed by atoms with Crippen LogP contribution in [0.15, 0.2) is 54.7 Å². The van der Waals surface area contributed by atoms with Crippen LogP contribution < -0.4 is 10.6 Å². The highest BCUT2D eigenvalue weighted by molar-refractivity contribution is 6.03. The second kappa shape index (κ2) is 8.40. The van der Waals surface area contributed by atoms with Gasteiger partial charge in [0.25, 0.3) is 5.91 Å². The van der Waals surface area contributed by atoms with Gasteiger partial charge in [0.05, 0.1) is 12.2 Å². The molecule has 27 heavy (non-hydrogen) atoms. The largest absolute Gasteiger partial charge is 0.349 e. The molecular formula is C21H23N5O. The van der Waals surface area contributed by atoms with Crippen molar-refractivity contribution in [1.29, 1.82) is 0 Å². The molecule has 0 aliphatic rings. The first-order valence-electron chi connectivity index (χ1n) is 8.92. The Labute approximate surface area is 159 Å². The van der Waals surface area contributed by atoms with Gasteiger partial charge in [-0.15, -0.1) is 0 Å². The fraction of sp³-hybridized carbons (Fsp3) is 0.238. The topological polar surface area (TPSA) is 79.8 Å². The number of carbonyl (C=O) groups excluding carboxylic acids is 1. The molecule has 1 amide bonds. The Balaban J connectivity index is 1.76. The number of amides is 1. The van der Waals surface area contributed by atoms with Crippen molar-refractivity contribution in [3.8, 4) is 0 Å². The van der Waals surface area contributed by atoms with Crippen molar-refractivity contribution < 1.29 is 4.79 Å². The third kappa shape index (κ3) is 4.88. The molecule has 0 aliphatic heterocycles. The molecular weight excluding hydrogens is 338 g/mol. The minimum atomic E-state index is -0.255. The van der Waals surface area contributed by atoms with E-state index in [4.69, 9.17) is 0 Å². The van der Waals surface area contributed by atoms with Crippen molar-refractivity contribution in [2.24, 2.45) is 0 Å². The second-order valence-electron chi connectivity index (χ2n) is 6.59. The standard InChI is InChI=1S/C21H23N5O/c1-14(2)17-9-4-5-10-18(17)25-20(27)19-12-15(3)24-21(26-19)23-13-16-8-6-7-11-22-16/h4-12,14H,13H2,1-3H3,(H,25,27)(H,23,24,26). The minimum Gasteiger partial charge on any atom is -0.349 e. The first-order chi connectivity index (χ1) is 13.0. The van der Waals surface area contributed by atoms with Crippen LogP contribution in [0.3, 0.4) is 0 Å². The number of hydrogen-bond acceptors (Lipinski definition) is 5. The van der Waals surface area contributed by atoms with Crippen molar-refractivity contribution in [2.75, 3.05) is 10.6 Å². The molecule has 0 radical (unpaired) electrons. The normalized spacial score (nSPS) is 10.7. The summed E-state index contributed by atoms with van der Waals surface area (Å²) in [7, 11) is 0. The number of nitrogens with zero attached hydrogens (tertiary/aromatic N) is 3. The van der Waals surface area contributed by atoms with Crippen molar-refractivity contribution >= 4 is 17.5 Å². The Morgan fingerprint density at radius 1 is 1.07 bits per heavy atom. The molecule has 1 aromatic carbocycles. The minimum absolute atomic E-state index is 0.255. The first kappa shape index (κ1) is 18.5. The van der Waals surface area contributed by atoms with E-state index in [1.54, 1.807) is 12.3 Å². The maximum atomic E-state index is 12.7. The lowest BCUT2D eigenvalue weighted by molar-refractivity contribution is 0.102. The quantitative estimate of drug-likeness (QED) is 0.689. The first-order valence-corrected chi connectivity index (χ1v) is 8.92. The van der Waals surface area contributed by atoms with E-state index in [1.165, 1.54) is 0 Å². The van der Waals surface area contributed by atoms with Crippen LogP contribution in [0.4, 0.5) is 11.6 Å². The van der Waals surface area contributed by atoms with Gasteiger partial charge in [-0.3, -0.25) is 9.78 Å². The molecule has 0 spiro atoms. The number of rotatable bonds is 6. The molecule has 2 N–H and O–H groups in total. The van der Waals surface area contributed by atoms with E-state index in [0.29, 0.717) is 24.1 Å². The van der Waals surface area contributed by atoms with Crippen LogP contribution in [-0.2, 0) is 6.54 Å². The van der Waals surface area contributed by atoms with Gasteiger partial charge in [0.15, 0.2) is 0 Å². The molecule has 138 valence electrons. The predicted molar refractivity (Wildman–Crippen MR) is 107 cm³/mol. The van der Waals surface area contributed by atoms with Crippen LogP contribution in [0.1, 0.15) is 47.2 Å². The summed E-state index contributed by atoms with van der Waals surface area (Å²) < 4.78 is 0. The van der Waals surface area contributed by atoms with Crippen LogP contribution in [0.25, 0.3) is 0 Å². The molecule has 6 nitrogen and oxygen atoms in total. The number of aryl methyl sites for hydroxylation is 1. The van der Waals surface area contributed by atoms with Crippen molar-refractivity contribution in [1.82, 2.24) is 15.0 Å². The Kier molecular flexibility index (Phi) is 5.76. The fourth-order valence-corrected chi connectivity index (χ4v) is 2.74. The van der Waals surface area contributed by atoms with Gasteiger partial charge < -0.3 is 10.6 Å². The molecule has 0 fully saturated rings. The lowest BCUT2D eigenvalue weighted by Crippen LogP contribution is -2.17. The highest BCUT2D eigenvalue weighted by Gasteiger charge is 2.14. The number of hydrogen-bond donors (Lipinski definition) is 2.